The molecule has 0 amide bonds. The monoisotopic (exact) mass is 1010 g/mol. The van der Waals surface area contributed by atoms with Gasteiger partial charge in [-0.1, -0.05) is 70.4 Å². The number of hydrogen-bond acceptors (Lipinski definition) is 21. The van der Waals surface area contributed by atoms with Crippen LogP contribution in [0.15, 0.2) is 12.2 Å². The van der Waals surface area contributed by atoms with Crippen molar-refractivity contribution in [1.29, 1.82) is 0 Å². The number of aliphatic hydroxyl groups is 10. The number of aliphatic hydroxyl groups excluding tert-OH is 10. The van der Waals surface area contributed by atoms with Crippen molar-refractivity contribution in [1.82, 2.24) is 0 Å². The van der Waals surface area contributed by atoms with E-state index in [0.29, 0.717) is 6.42 Å². The normalized spacial score (nSPS) is 16.5. The van der Waals surface area contributed by atoms with E-state index in [9.17, 15) is 50.8 Å². The molecule has 0 fully saturated rings. The molecular formula is C48H94O21. The lowest BCUT2D eigenvalue weighted by Crippen LogP contribution is -2.32. The van der Waals surface area contributed by atoms with Gasteiger partial charge in [0.05, 0.1) is 125 Å². The Morgan fingerprint density at radius 3 is 0.841 bits per heavy atom. The van der Waals surface area contributed by atoms with Crippen LogP contribution in [-0.2, 0) is 52.2 Å². The minimum absolute atomic E-state index is 0.0209. The number of allylic oxidation sites excluding steroid dienone is 2. The van der Waals surface area contributed by atoms with Crippen LogP contribution >= 0.6 is 0 Å². The molecule has 0 spiro atoms. The first-order valence-corrected chi connectivity index (χ1v) is 25.0. The van der Waals surface area contributed by atoms with Crippen molar-refractivity contribution in [2.24, 2.45) is 0 Å². The molecule has 0 bridgehead atoms. The van der Waals surface area contributed by atoms with Crippen molar-refractivity contribution in [3.63, 3.8) is 0 Å². The summed E-state index contributed by atoms with van der Waals surface area (Å²) in [4.78, 5) is 12.0. The first kappa shape index (κ1) is 67.5. The van der Waals surface area contributed by atoms with Gasteiger partial charge >= 0.3 is 5.97 Å². The summed E-state index contributed by atoms with van der Waals surface area (Å²) in [5, 5.41) is 99.1. The fraction of sp³-hybridized carbons (Fsp3) is 0.938. The number of unbranched alkanes of at least 4 members (excludes halogenated alkanes) is 11. The molecule has 21 nitrogen and oxygen atoms in total. The molecule has 10 atom stereocenters. The van der Waals surface area contributed by atoms with Crippen LogP contribution in [-0.4, -0.2) is 244 Å². The molecule has 10 N–H and O–H groups in total. The van der Waals surface area contributed by atoms with Gasteiger partial charge in [0, 0.05) is 6.42 Å². The van der Waals surface area contributed by atoms with E-state index < -0.39 is 61.0 Å². The van der Waals surface area contributed by atoms with Crippen LogP contribution in [0, 0.1) is 0 Å². The van der Waals surface area contributed by atoms with Crippen molar-refractivity contribution in [3.8, 4) is 0 Å². The molecule has 0 rings (SSSR count). The summed E-state index contributed by atoms with van der Waals surface area (Å²) in [5.74, 6) is -0.365. The molecule has 0 aliphatic carbocycles. The van der Waals surface area contributed by atoms with Crippen molar-refractivity contribution in [2.75, 3.05) is 126 Å². The minimum atomic E-state index is -1.06. The molecule has 0 aliphatic rings. The van der Waals surface area contributed by atoms with Crippen molar-refractivity contribution in [2.45, 2.75) is 165 Å². The molecule has 0 aliphatic heterocycles. The van der Waals surface area contributed by atoms with Gasteiger partial charge in [-0.3, -0.25) is 4.79 Å². The Bertz CT molecular complexity index is 1130. The third-order valence-electron chi connectivity index (χ3n) is 9.71. The summed E-state index contributed by atoms with van der Waals surface area (Å²) in [7, 11) is 0. The topological polar surface area (TPSA) is 312 Å². The van der Waals surface area contributed by atoms with E-state index in [4.69, 9.17) is 52.5 Å². The van der Waals surface area contributed by atoms with Crippen molar-refractivity contribution < 1.29 is 103 Å². The fourth-order valence-corrected chi connectivity index (χ4v) is 6.13. The van der Waals surface area contributed by atoms with Gasteiger partial charge in [-0.05, 0) is 39.0 Å². The molecule has 0 saturated carbocycles. The zero-order valence-corrected chi connectivity index (χ0v) is 41.7. The Labute approximate surface area is 410 Å². The maximum atomic E-state index is 12.0. The first-order valence-electron chi connectivity index (χ1n) is 25.0. The number of carbonyl (C=O) groups is 1. The van der Waals surface area contributed by atoms with Crippen molar-refractivity contribution in [3.05, 3.63) is 12.2 Å². The summed E-state index contributed by atoms with van der Waals surface area (Å²) in [6.07, 6.45) is 10.3. The van der Waals surface area contributed by atoms with Crippen LogP contribution in [0.2, 0.25) is 0 Å². The number of esters is 1. The molecule has 69 heavy (non-hydrogen) atoms. The standard InChI is InChI=1S/C48H94O21/c1-3-4-5-6-7-8-9-10-11-12-13-14-15-16-17-18-48(59)69-37-47(58)36-68-35-46(57)34-67-33-45(56)32-66-31-44(55)30-65-29-43(54)28-64-27-42(53)26-63-25-41(52)24-62-23-40(51)22-61-21-39(50)20-60-19-38(2)49/h10-11,38-47,49-58H,3-9,12-37H2,1-2H3/b11-10-. The van der Waals surface area contributed by atoms with Crippen LogP contribution in [0.4, 0.5) is 0 Å². The Morgan fingerprint density at radius 2 is 0.565 bits per heavy atom. The highest BCUT2D eigenvalue weighted by molar-refractivity contribution is 5.69. The number of carbonyl (C=O) groups excluding carboxylic acids is 1. The largest absolute Gasteiger partial charge is 0.463 e. The quantitative estimate of drug-likeness (QED) is 0.0223. The Kier molecular flexibility index (Phi) is 47.6. The van der Waals surface area contributed by atoms with Crippen LogP contribution in [0.5, 0.6) is 0 Å². The van der Waals surface area contributed by atoms with Gasteiger partial charge in [-0.2, -0.15) is 0 Å². The van der Waals surface area contributed by atoms with Crippen LogP contribution < -0.4 is 0 Å². The van der Waals surface area contributed by atoms with Gasteiger partial charge in [0.2, 0.25) is 0 Å². The van der Waals surface area contributed by atoms with E-state index in [1.54, 1.807) is 6.92 Å². The zero-order chi connectivity index (χ0) is 51.2. The van der Waals surface area contributed by atoms with Gasteiger partial charge in [0.1, 0.15) is 61.5 Å². The lowest BCUT2D eigenvalue weighted by molar-refractivity contribution is -0.148. The van der Waals surface area contributed by atoms with Gasteiger partial charge in [0.25, 0.3) is 0 Å². The maximum Gasteiger partial charge on any atom is 0.305 e. The third-order valence-corrected chi connectivity index (χ3v) is 9.71. The number of rotatable bonds is 53. The average Bonchev–Trinajstić information content (AvgIpc) is 3.29. The van der Waals surface area contributed by atoms with Crippen LogP contribution in [0.1, 0.15) is 104 Å². The van der Waals surface area contributed by atoms with Crippen molar-refractivity contribution >= 4 is 5.97 Å². The highest BCUT2D eigenvalue weighted by Crippen LogP contribution is 2.11. The molecule has 21 heteroatoms. The average molecular weight is 1010 g/mol. The van der Waals surface area contributed by atoms with E-state index in [1.807, 2.05) is 0 Å². The van der Waals surface area contributed by atoms with E-state index in [-0.39, 0.29) is 132 Å². The van der Waals surface area contributed by atoms with Gasteiger partial charge in [0.15, 0.2) is 0 Å². The number of ether oxygens (including phenoxy) is 10. The molecule has 0 radical (unpaired) electrons. The van der Waals surface area contributed by atoms with Crippen LogP contribution in [0.25, 0.3) is 0 Å². The lowest BCUT2D eigenvalue weighted by Gasteiger charge is -2.18. The summed E-state index contributed by atoms with van der Waals surface area (Å²) >= 11 is 0. The van der Waals surface area contributed by atoms with Gasteiger partial charge in [-0.25, -0.2) is 0 Å². The zero-order valence-electron chi connectivity index (χ0n) is 41.7. The second kappa shape index (κ2) is 48.7. The molecule has 0 heterocycles. The van der Waals surface area contributed by atoms with E-state index in [1.165, 1.54) is 44.9 Å². The highest BCUT2D eigenvalue weighted by atomic mass is 16.6. The third kappa shape index (κ3) is 49.8. The van der Waals surface area contributed by atoms with E-state index in [2.05, 4.69) is 19.1 Å². The van der Waals surface area contributed by atoms with Gasteiger partial charge in [-0.15, -0.1) is 0 Å². The SMILES string of the molecule is CCCCCCCC/C=C\CCCCCCCC(=O)OCC(O)COCC(O)COCC(O)COCC(O)COCC(O)COCC(O)COCC(O)COCC(O)COCC(O)COCC(C)O. The lowest BCUT2D eigenvalue weighted by atomic mass is 10.1. The van der Waals surface area contributed by atoms with Gasteiger partial charge < -0.3 is 98.4 Å². The second-order valence-corrected chi connectivity index (χ2v) is 17.6. The minimum Gasteiger partial charge on any atom is -0.463 e. The first-order chi connectivity index (χ1) is 33.2. The molecule has 0 saturated heterocycles. The molecule has 0 aromatic carbocycles. The molecule has 0 aromatic heterocycles. The second-order valence-electron chi connectivity index (χ2n) is 17.6. The predicted molar refractivity (Wildman–Crippen MR) is 254 cm³/mol. The predicted octanol–water partition coefficient (Wildman–Crippen LogP) is 0.345. The Balaban J connectivity index is 3.72. The highest BCUT2D eigenvalue weighted by Gasteiger charge is 2.16. The summed E-state index contributed by atoms with van der Waals surface area (Å²) < 4.78 is 52.3. The fourth-order valence-electron chi connectivity index (χ4n) is 6.13. The summed E-state index contributed by atoms with van der Waals surface area (Å²) in [5.41, 5.74) is 0. The Hall–Kier alpha value is -1.55. The molecule has 10 unspecified atom stereocenters. The van der Waals surface area contributed by atoms with E-state index >= 15 is 0 Å². The number of hydrogen-bond donors (Lipinski definition) is 10. The maximum absolute atomic E-state index is 12.0. The van der Waals surface area contributed by atoms with E-state index in [0.717, 1.165) is 38.5 Å². The summed E-state index contributed by atoms with van der Waals surface area (Å²) in [6, 6.07) is 0. The summed E-state index contributed by atoms with van der Waals surface area (Å²) in [6.45, 7) is 1.22. The molecule has 412 valence electrons. The Morgan fingerprint density at radius 1 is 0.333 bits per heavy atom. The molecule has 0 aromatic rings. The van der Waals surface area contributed by atoms with Crippen LogP contribution in [0.3, 0.4) is 0 Å². The molecular weight excluding hydrogens is 913 g/mol. The smallest absolute Gasteiger partial charge is 0.305 e.